The average molecular weight is 392 g/mol. The predicted molar refractivity (Wildman–Crippen MR) is 94.4 cm³/mol. The normalized spacial score (nSPS) is 21.1. The lowest BCUT2D eigenvalue weighted by atomic mass is 10.1. The molecule has 1 unspecified atom stereocenters. The van der Waals surface area contributed by atoms with Crippen LogP contribution in [0.2, 0.25) is 0 Å². The van der Waals surface area contributed by atoms with E-state index in [1.165, 1.54) is 24.8 Å². The summed E-state index contributed by atoms with van der Waals surface area (Å²) >= 11 is 3.67. The summed E-state index contributed by atoms with van der Waals surface area (Å²) in [6, 6.07) is 4.80. The lowest BCUT2D eigenvalue weighted by molar-refractivity contribution is 0.170. The van der Waals surface area contributed by atoms with Gasteiger partial charge in [-0.1, -0.05) is 15.9 Å². The van der Waals surface area contributed by atoms with Crippen molar-refractivity contribution in [1.29, 1.82) is 0 Å². The first kappa shape index (κ1) is 17.9. The fraction of sp³-hybridized carbons (Fsp3) is 0.625. The summed E-state index contributed by atoms with van der Waals surface area (Å²) in [4.78, 5) is 2.46. The molecule has 1 atom stereocenters. The topological polar surface area (TPSA) is 33.7 Å². The summed E-state index contributed by atoms with van der Waals surface area (Å²) in [5.74, 6) is 1.72. The van der Waals surface area contributed by atoms with Crippen LogP contribution in [-0.4, -0.2) is 44.3 Å². The van der Waals surface area contributed by atoms with Gasteiger partial charge >= 0.3 is 0 Å². The van der Waals surface area contributed by atoms with Crippen LogP contribution in [0.3, 0.4) is 0 Å². The number of hydrogen-bond acceptors (Lipinski definition) is 4. The molecule has 22 heavy (non-hydrogen) atoms. The maximum absolute atomic E-state index is 5.69. The molecule has 1 saturated heterocycles. The lowest BCUT2D eigenvalue weighted by Gasteiger charge is -2.28. The Morgan fingerprint density at radius 1 is 1.18 bits per heavy atom. The van der Waals surface area contributed by atoms with Gasteiger partial charge in [0.1, 0.15) is 13.2 Å². The van der Waals surface area contributed by atoms with Crippen LogP contribution in [0.4, 0.5) is 0 Å². The highest BCUT2D eigenvalue weighted by molar-refractivity contribution is 9.10. The Balaban J connectivity index is 0.00000176. The first-order chi connectivity index (χ1) is 10.2. The molecule has 1 aromatic carbocycles. The number of hydrogen-bond donors (Lipinski definition) is 1. The Bertz CT molecular complexity index is 493. The van der Waals surface area contributed by atoms with Crippen LogP contribution in [0.15, 0.2) is 16.6 Å². The standard InChI is InChI=1S/C16H23BrN2O2.ClH/c1-19(13-3-2-5-18-6-4-13)11-12-9-15-16(10-14(12)17)21-8-7-20-15;/h9-10,13,18H,2-8,11H2,1H3;1H. The summed E-state index contributed by atoms with van der Waals surface area (Å²) in [5, 5.41) is 3.48. The van der Waals surface area contributed by atoms with Gasteiger partial charge in [-0.15, -0.1) is 12.4 Å². The van der Waals surface area contributed by atoms with Crippen molar-refractivity contribution in [2.45, 2.75) is 31.8 Å². The van der Waals surface area contributed by atoms with Crippen LogP contribution in [0.25, 0.3) is 0 Å². The van der Waals surface area contributed by atoms with Gasteiger partial charge in [0.2, 0.25) is 0 Å². The molecule has 1 fully saturated rings. The van der Waals surface area contributed by atoms with E-state index in [9.17, 15) is 0 Å². The molecule has 2 aliphatic rings. The van der Waals surface area contributed by atoms with Crippen molar-refractivity contribution in [2.24, 2.45) is 0 Å². The van der Waals surface area contributed by atoms with Gasteiger partial charge in [0.05, 0.1) is 0 Å². The Morgan fingerprint density at radius 3 is 2.68 bits per heavy atom. The van der Waals surface area contributed by atoms with Crippen LogP contribution in [0, 0.1) is 0 Å². The Hall–Kier alpha value is -0.490. The fourth-order valence-corrected chi connectivity index (χ4v) is 3.51. The minimum Gasteiger partial charge on any atom is -0.486 e. The maximum Gasteiger partial charge on any atom is 0.162 e. The number of fused-ring (bicyclic) bond motifs is 1. The van der Waals surface area contributed by atoms with Crippen molar-refractivity contribution >= 4 is 28.3 Å². The first-order valence-electron chi connectivity index (χ1n) is 7.73. The van der Waals surface area contributed by atoms with Crippen LogP contribution in [-0.2, 0) is 6.54 Å². The second kappa shape index (κ2) is 8.39. The van der Waals surface area contributed by atoms with Crippen LogP contribution in [0.1, 0.15) is 24.8 Å². The highest BCUT2D eigenvalue weighted by Gasteiger charge is 2.20. The van der Waals surface area contributed by atoms with E-state index < -0.39 is 0 Å². The zero-order valence-corrected chi connectivity index (χ0v) is 15.3. The fourth-order valence-electron chi connectivity index (χ4n) is 3.07. The smallest absolute Gasteiger partial charge is 0.162 e. The molecule has 0 radical (unpaired) electrons. The molecular weight excluding hydrogens is 368 g/mol. The number of halogens is 2. The minimum absolute atomic E-state index is 0. The van der Waals surface area contributed by atoms with Gasteiger partial charge < -0.3 is 14.8 Å². The molecule has 0 bridgehead atoms. The van der Waals surface area contributed by atoms with E-state index in [2.05, 4.69) is 39.3 Å². The van der Waals surface area contributed by atoms with Crippen molar-refractivity contribution in [2.75, 3.05) is 33.4 Å². The molecule has 0 aromatic heterocycles. The molecule has 3 rings (SSSR count). The average Bonchev–Trinajstić information content (AvgIpc) is 2.77. The van der Waals surface area contributed by atoms with Crippen molar-refractivity contribution in [1.82, 2.24) is 10.2 Å². The van der Waals surface area contributed by atoms with Gasteiger partial charge in [-0.05, 0) is 57.1 Å². The van der Waals surface area contributed by atoms with E-state index in [1.54, 1.807) is 0 Å². The highest BCUT2D eigenvalue weighted by Crippen LogP contribution is 2.36. The van der Waals surface area contributed by atoms with E-state index in [1.807, 2.05) is 6.07 Å². The summed E-state index contributed by atoms with van der Waals surface area (Å²) in [6.45, 7) is 4.48. The van der Waals surface area contributed by atoms with Crippen molar-refractivity contribution in [3.05, 3.63) is 22.2 Å². The second-order valence-electron chi connectivity index (χ2n) is 5.84. The van der Waals surface area contributed by atoms with Gasteiger partial charge in [0.25, 0.3) is 0 Å². The van der Waals surface area contributed by atoms with E-state index in [4.69, 9.17) is 9.47 Å². The summed E-state index contributed by atoms with van der Waals surface area (Å²) in [7, 11) is 2.22. The highest BCUT2D eigenvalue weighted by atomic mass is 79.9. The molecule has 0 amide bonds. The van der Waals surface area contributed by atoms with Crippen molar-refractivity contribution in [3.63, 3.8) is 0 Å². The molecule has 2 heterocycles. The largest absolute Gasteiger partial charge is 0.486 e. The third kappa shape index (κ3) is 4.28. The molecule has 6 heteroatoms. The number of benzene rings is 1. The minimum atomic E-state index is 0. The molecule has 2 aliphatic heterocycles. The van der Waals surface area contributed by atoms with E-state index in [-0.39, 0.29) is 12.4 Å². The van der Waals surface area contributed by atoms with Crippen LogP contribution < -0.4 is 14.8 Å². The SMILES string of the molecule is CN(Cc1cc2c(cc1Br)OCCO2)C1CCCNCC1.Cl. The number of nitrogens with zero attached hydrogens (tertiary/aromatic N) is 1. The Labute approximate surface area is 147 Å². The van der Waals surface area contributed by atoms with Gasteiger partial charge in [-0.2, -0.15) is 0 Å². The third-order valence-electron chi connectivity index (χ3n) is 4.30. The number of nitrogens with one attached hydrogen (secondary N) is 1. The van der Waals surface area contributed by atoms with Gasteiger partial charge in [0.15, 0.2) is 11.5 Å². The lowest BCUT2D eigenvalue weighted by Crippen LogP contribution is -2.32. The molecule has 0 aliphatic carbocycles. The van der Waals surface area contributed by atoms with Gasteiger partial charge in [-0.25, -0.2) is 0 Å². The monoisotopic (exact) mass is 390 g/mol. The number of ether oxygens (including phenoxy) is 2. The second-order valence-corrected chi connectivity index (χ2v) is 6.69. The molecule has 4 nitrogen and oxygen atoms in total. The quantitative estimate of drug-likeness (QED) is 0.858. The van der Waals surface area contributed by atoms with E-state index >= 15 is 0 Å². The van der Waals surface area contributed by atoms with Crippen LogP contribution >= 0.6 is 28.3 Å². The zero-order valence-electron chi connectivity index (χ0n) is 12.9. The summed E-state index contributed by atoms with van der Waals surface area (Å²) in [6.07, 6.45) is 3.75. The maximum atomic E-state index is 5.69. The molecular formula is C16H24BrClN2O2. The predicted octanol–water partition coefficient (Wildman–Crippen LogP) is 3.22. The van der Waals surface area contributed by atoms with Gasteiger partial charge in [0, 0.05) is 17.1 Å². The van der Waals surface area contributed by atoms with E-state index in [0.717, 1.165) is 35.6 Å². The zero-order chi connectivity index (χ0) is 14.7. The van der Waals surface area contributed by atoms with Crippen molar-refractivity contribution in [3.8, 4) is 11.5 Å². The molecule has 1 N–H and O–H groups in total. The molecule has 0 spiro atoms. The van der Waals surface area contributed by atoms with Crippen molar-refractivity contribution < 1.29 is 9.47 Å². The molecule has 0 saturated carbocycles. The molecule has 124 valence electrons. The number of rotatable bonds is 3. The summed E-state index contributed by atoms with van der Waals surface area (Å²) in [5.41, 5.74) is 1.26. The molecule has 1 aromatic rings. The summed E-state index contributed by atoms with van der Waals surface area (Å²) < 4.78 is 12.4. The van der Waals surface area contributed by atoms with Gasteiger partial charge in [-0.3, -0.25) is 4.90 Å². The van der Waals surface area contributed by atoms with E-state index in [0.29, 0.717) is 19.3 Å². The first-order valence-corrected chi connectivity index (χ1v) is 8.52. The third-order valence-corrected chi connectivity index (χ3v) is 5.04. The Kier molecular flexibility index (Phi) is 6.81. The van der Waals surface area contributed by atoms with Crippen LogP contribution in [0.5, 0.6) is 11.5 Å². The Morgan fingerprint density at radius 2 is 1.91 bits per heavy atom.